The maximum Gasteiger partial charge on any atom is 0.0797 e. The van der Waals surface area contributed by atoms with E-state index in [0.29, 0.717) is 5.92 Å². The summed E-state index contributed by atoms with van der Waals surface area (Å²) in [5, 5.41) is 0. The Morgan fingerprint density at radius 3 is 2.56 bits per heavy atom. The zero-order valence-electron chi connectivity index (χ0n) is 10.9. The Bertz CT molecular complexity index is 317. The Kier molecular flexibility index (Phi) is 4.93. The minimum absolute atomic E-state index is 0.0952. The first-order chi connectivity index (χ1) is 7.53. The topological polar surface area (TPSA) is 38.9 Å². The van der Waals surface area contributed by atoms with Crippen LogP contribution in [-0.4, -0.2) is 10.5 Å². The lowest BCUT2D eigenvalue weighted by molar-refractivity contribution is 0.332. The number of nitrogens with two attached hydrogens (primary N) is 1. The summed E-state index contributed by atoms with van der Waals surface area (Å²) in [5.74, 6) is 0.463. The highest BCUT2D eigenvalue weighted by Crippen LogP contribution is 2.37. The molecule has 0 aliphatic heterocycles. The van der Waals surface area contributed by atoms with Crippen LogP contribution in [-0.2, 0) is 0 Å². The number of hydrogen-bond donors (Lipinski definition) is 1. The van der Waals surface area contributed by atoms with Crippen LogP contribution in [0.1, 0.15) is 62.9 Å². The van der Waals surface area contributed by atoms with E-state index in [1.807, 2.05) is 5.51 Å². The van der Waals surface area contributed by atoms with Gasteiger partial charge in [0, 0.05) is 16.3 Å². The Morgan fingerprint density at radius 2 is 2.12 bits per heavy atom. The molecule has 2 nitrogen and oxygen atoms in total. The van der Waals surface area contributed by atoms with Gasteiger partial charge in [-0.15, -0.1) is 11.3 Å². The smallest absolute Gasteiger partial charge is 0.0797 e. The molecule has 0 aliphatic carbocycles. The fourth-order valence-electron chi connectivity index (χ4n) is 2.41. The summed E-state index contributed by atoms with van der Waals surface area (Å²) in [7, 11) is 0. The lowest BCUT2D eigenvalue weighted by Crippen LogP contribution is -2.42. The van der Waals surface area contributed by atoms with Gasteiger partial charge >= 0.3 is 0 Å². The molecule has 3 heteroatoms. The Hall–Kier alpha value is -0.410. The molecule has 2 atom stereocenters. The van der Waals surface area contributed by atoms with Crippen molar-refractivity contribution in [3.63, 3.8) is 0 Å². The van der Waals surface area contributed by atoms with E-state index in [1.54, 1.807) is 11.3 Å². The summed E-state index contributed by atoms with van der Waals surface area (Å²) in [6.45, 7) is 8.71. The van der Waals surface area contributed by atoms with Crippen molar-refractivity contribution in [1.82, 2.24) is 4.98 Å². The quantitative estimate of drug-likeness (QED) is 0.820. The second-order valence-electron chi connectivity index (χ2n) is 4.90. The minimum atomic E-state index is -0.0952. The van der Waals surface area contributed by atoms with E-state index in [2.05, 4.69) is 32.7 Å². The maximum absolute atomic E-state index is 6.50. The molecule has 0 spiro atoms. The van der Waals surface area contributed by atoms with Crippen LogP contribution in [0.25, 0.3) is 0 Å². The average molecular weight is 240 g/mol. The lowest BCUT2D eigenvalue weighted by atomic mass is 9.79. The predicted octanol–water partition coefficient (Wildman–Crippen LogP) is 3.85. The van der Waals surface area contributed by atoms with E-state index in [1.165, 1.54) is 11.3 Å². The van der Waals surface area contributed by atoms with Gasteiger partial charge < -0.3 is 5.73 Å². The molecular formula is C13H24N2S. The van der Waals surface area contributed by atoms with Gasteiger partial charge in [-0.05, 0) is 26.7 Å². The van der Waals surface area contributed by atoms with Gasteiger partial charge in [-0.1, -0.05) is 26.7 Å². The van der Waals surface area contributed by atoms with Gasteiger partial charge in [0.05, 0.1) is 11.2 Å². The van der Waals surface area contributed by atoms with Crippen molar-refractivity contribution in [3.05, 3.63) is 16.1 Å². The van der Waals surface area contributed by atoms with E-state index in [-0.39, 0.29) is 5.54 Å². The average Bonchev–Trinajstić information content (AvgIpc) is 2.60. The summed E-state index contributed by atoms with van der Waals surface area (Å²) in [6.07, 6.45) is 4.56. The molecule has 1 aromatic rings. The first-order valence-electron chi connectivity index (χ1n) is 6.21. The Morgan fingerprint density at radius 1 is 1.44 bits per heavy atom. The van der Waals surface area contributed by atoms with Crippen LogP contribution in [0.3, 0.4) is 0 Å². The predicted molar refractivity (Wildman–Crippen MR) is 72.0 cm³/mol. The molecule has 0 saturated carbocycles. The monoisotopic (exact) mass is 240 g/mol. The molecule has 0 saturated heterocycles. The van der Waals surface area contributed by atoms with Gasteiger partial charge in [0.15, 0.2) is 0 Å². The lowest BCUT2D eigenvalue weighted by Gasteiger charge is -2.33. The van der Waals surface area contributed by atoms with Gasteiger partial charge in [-0.25, -0.2) is 4.98 Å². The summed E-state index contributed by atoms with van der Waals surface area (Å²) < 4.78 is 0. The number of aromatic nitrogens is 1. The Balaban J connectivity index is 2.95. The van der Waals surface area contributed by atoms with Gasteiger partial charge in [0.1, 0.15) is 0 Å². The first-order valence-corrected chi connectivity index (χ1v) is 7.09. The maximum atomic E-state index is 6.50. The van der Waals surface area contributed by atoms with Crippen LogP contribution in [0.15, 0.2) is 5.51 Å². The van der Waals surface area contributed by atoms with Crippen molar-refractivity contribution >= 4 is 11.3 Å². The van der Waals surface area contributed by atoms with Crippen molar-refractivity contribution in [3.8, 4) is 0 Å². The van der Waals surface area contributed by atoms with E-state index < -0.39 is 0 Å². The number of nitrogens with zero attached hydrogens (tertiary/aromatic N) is 1. The number of rotatable bonds is 6. The van der Waals surface area contributed by atoms with E-state index in [9.17, 15) is 0 Å². The fourth-order valence-corrected chi connectivity index (χ4v) is 3.51. The summed E-state index contributed by atoms with van der Waals surface area (Å²) in [6, 6.07) is 0. The second kappa shape index (κ2) is 5.78. The molecule has 1 aromatic heterocycles. The molecule has 0 fully saturated rings. The highest BCUT2D eigenvalue weighted by molar-refractivity contribution is 7.09. The SMILES string of the molecule is CCCC(c1scnc1C)C(C)(N)CCC. The van der Waals surface area contributed by atoms with Crippen molar-refractivity contribution in [1.29, 1.82) is 0 Å². The highest BCUT2D eigenvalue weighted by atomic mass is 32.1. The number of aryl methyl sites for hydroxylation is 1. The van der Waals surface area contributed by atoms with Crippen LogP contribution in [0.5, 0.6) is 0 Å². The largest absolute Gasteiger partial charge is 0.325 e. The standard InChI is InChI=1S/C13H24N2S/c1-5-7-11(13(4,14)8-6-2)12-10(3)15-9-16-12/h9,11H,5-8,14H2,1-4H3. The summed E-state index contributed by atoms with van der Waals surface area (Å²) in [5.41, 5.74) is 9.50. The molecule has 2 unspecified atom stereocenters. The van der Waals surface area contributed by atoms with Crippen LogP contribution < -0.4 is 5.73 Å². The first kappa shape index (κ1) is 13.7. The molecule has 92 valence electrons. The van der Waals surface area contributed by atoms with Crippen LogP contribution >= 0.6 is 11.3 Å². The third kappa shape index (κ3) is 3.05. The summed E-state index contributed by atoms with van der Waals surface area (Å²) >= 11 is 1.76. The molecule has 1 rings (SSSR count). The zero-order valence-corrected chi connectivity index (χ0v) is 11.7. The molecule has 0 aliphatic rings. The molecule has 0 aromatic carbocycles. The normalized spacial score (nSPS) is 17.1. The molecule has 1 heterocycles. The van der Waals surface area contributed by atoms with Gasteiger partial charge in [0.25, 0.3) is 0 Å². The number of thiazole rings is 1. The third-order valence-electron chi connectivity index (χ3n) is 3.26. The second-order valence-corrected chi connectivity index (χ2v) is 5.79. The molecular weight excluding hydrogens is 216 g/mol. The Labute approximate surface area is 103 Å². The molecule has 2 N–H and O–H groups in total. The van der Waals surface area contributed by atoms with Crippen molar-refractivity contribution < 1.29 is 0 Å². The van der Waals surface area contributed by atoms with E-state index in [0.717, 1.165) is 25.0 Å². The molecule has 16 heavy (non-hydrogen) atoms. The minimum Gasteiger partial charge on any atom is -0.325 e. The molecule has 0 amide bonds. The fraction of sp³-hybridized carbons (Fsp3) is 0.769. The van der Waals surface area contributed by atoms with E-state index >= 15 is 0 Å². The van der Waals surface area contributed by atoms with Gasteiger partial charge in [-0.3, -0.25) is 0 Å². The molecule has 0 radical (unpaired) electrons. The summed E-state index contributed by atoms with van der Waals surface area (Å²) in [4.78, 5) is 5.75. The van der Waals surface area contributed by atoms with Gasteiger partial charge in [-0.2, -0.15) is 0 Å². The van der Waals surface area contributed by atoms with E-state index in [4.69, 9.17) is 5.73 Å². The number of hydrogen-bond acceptors (Lipinski definition) is 3. The zero-order chi connectivity index (χ0) is 12.2. The van der Waals surface area contributed by atoms with Crippen molar-refractivity contribution in [2.24, 2.45) is 5.73 Å². The molecule has 0 bridgehead atoms. The van der Waals surface area contributed by atoms with Crippen LogP contribution in [0.4, 0.5) is 0 Å². The van der Waals surface area contributed by atoms with Crippen LogP contribution in [0.2, 0.25) is 0 Å². The van der Waals surface area contributed by atoms with Crippen molar-refractivity contribution in [2.45, 2.75) is 64.8 Å². The van der Waals surface area contributed by atoms with Gasteiger partial charge in [0.2, 0.25) is 0 Å². The highest BCUT2D eigenvalue weighted by Gasteiger charge is 2.31. The van der Waals surface area contributed by atoms with Crippen molar-refractivity contribution in [2.75, 3.05) is 0 Å². The third-order valence-corrected chi connectivity index (χ3v) is 4.31. The van der Waals surface area contributed by atoms with Crippen LogP contribution in [0, 0.1) is 6.92 Å².